The number of unbranched alkanes of at least 4 members (excludes halogenated alkanes) is 1. The van der Waals surface area contributed by atoms with Gasteiger partial charge in [-0.2, -0.15) is 0 Å². The summed E-state index contributed by atoms with van der Waals surface area (Å²) in [5.74, 6) is 0. The molecule has 0 bridgehead atoms. The molecule has 0 radical (unpaired) electrons. The molecule has 2 fully saturated rings. The summed E-state index contributed by atoms with van der Waals surface area (Å²) in [6, 6.07) is 0.986. The van der Waals surface area contributed by atoms with E-state index in [0.29, 0.717) is 12.1 Å². The Hall–Kier alpha value is -0.770. The van der Waals surface area contributed by atoms with Crippen LogP contribution in [0.2, 0.25) is 0 Å². The molecule has 2 rings (SSSR count). The zero-order chi connectivity index (χ0) is 12.8. The molecule has 0 unspecified atom stereocenters. The molecule has 0 atom stereocenters. The van der Waals surface area contributed by atoms with Crippen LogP contribution in [0.4, 0.5) is 4.79 Å². The second kappa shape index (κ2) is 6.98. The average molecular weight is 254 g/mol. The molecule has 18 heavy (non-hydrogen) atoms. The topological polar surface area (TPSA) is 52.6 Å². The van der Waals surface area contributed by atoms with Gasteiger partial charge >= 0.3 is 6.03 Å². The van der Waals surface area contributed by atoms with Crippen molar-refractivity contribution in [2.75, 3.05) is 13.2 Å². The Labute approximate surface area is 110 Å². The minimum atomic E-state index is 0.127. The van der Waals surface area contributed by atoms with E-state index in [0.717, 1.165) is 45.1 Å². The number of aliphatic hydroxyl groups is 1. The molecule has 0 aromatic carbocycles. The summed E-state index contributed by atoms with van der Waals surface area (Å²) in [7, 11) is 0. The third-order valence-corrected chi connectivity index (χ3v) is 3.99. The Morgan fingerprint density at radius 1 is 1.11 bits per heavy atom. The number of amides is 2. The van der Waals surface area contributed by atoms with Gasteiger partial charge in [0.2, 0.25) is 0 Å². The predicted molar refractivity (Wildman–Crippen MR) is 71.5 cm³/mol. The van der Waals surface area contributed by atoms with Gasteiger partial charge in [-0.3, -0.25) is 0 Å². The molecule has 0 spiro atoms. The maximum Gasteiger partial charge on any atom is 0.317 e. The first-order valence-electron chi connectivity index (χ1n) is 7.49. The highest BCUT2D eigenvalue weighted by atomic mass is 16.3. The highest BCUT2D eigenvalue weighted by Gasteiger charge is 2.32. The van der Waals surface area contributed by atoms with Crippen molar-refractivity contribution in [1.82, 2.24) is 10.2 Å². The van der Waals surface area contributed by atoms with Crippen LogP contribution in [0.1, 0.15) is 57.8 Å². The third-order valence-electron chi connectivity index (χ3n) is 3.99. The van der Waals surface area contributed by atoms with Crippen molar-refractivity contribution in [1.29, 1.82) is 0 Å². The first-order valence-corrected chi connectivity index (χ1v) is 7.49. The molecule has 2 N–H and O–H groups in total. The largest absolute Gasteiger partial charge is 0.396 e. The molecule has 0 aliphatic heterocycles. The van der Waals surface area contributed by atoms with Crippen molar-refractivity contribution in [2.24, 2.45) is 0 Å². The van der Waals surface area contributed by atoms with Crippen LogP contribution in [-0.4, -0.2) is 41.3 Å². The van der Waals surface area contributed by atoms with Crippen LogP contribution < -0.4 is 5.32 Å². The normalized spacial score (nSPS) is 20.7. The van der Waals surface area contributed by atoms with Gasteiger partial charge in [-0.1, -0.05) is 19.3 Å². The summed E-state index contributed by atoms with van der Waals surface area (Å²) in [6.07, 6.45) is 10.1. The van der Waals surface area contributed by atoms with Gasteiger partial charge in [-0.15, -0.1) is 0 Å². The van der Waals surface area contributed by atoms with E-state index in [-0.39, 0.29) is 12.6 Å². The highest BCUT2D eigenvalue weighted by Crippen LogP contribution is 2.27. The van der Waals surface area contributed by atoms with E-state index >= 15 is 0 Å². The predicted octanol–water partition coefficient (Wildman–Crippen LogP) is 2.27. The minimum absolute atomic E-state index is 0.127. The van der Waals surface area contributed by atoms with E-state index < -0.39 is 0 Å². The number of carbonyl (C=O) groups excluding carboxylic acids is 1. The lowest BCUT2D eigenvalue weighted by Crippen LogP contribution is -2.46. The summed E-state index contributed by atoms with van der Waals surface area (Å²) < 4.78 is 0. The van der Waals surface area contributed by atoms with Crippen LogP contribution in [0.3, 0.4) is 0 Å². The fraction of sp³-hybridized carbons (Fsp3) is 0.929. The van der Waals surface area contributed by atoms with Crippen molar-refractivity contribution in [3.05, 3.63) is 0 Å². The first-order chi connectivity index (χ1) is 8.81. The van der Waals surface area contributed by atoms with Gasteiger partial charge in [-0.05, 0) is 38.5 Å². The van der Waals surface area contributed by atoms with Gasteiger partial charge in [0, 0.05) is 25.2 Å². The van der Waals surface area contributed by atoms with E-state index in [1.807, 2.05) is 4.90 Å². The average Bonchev–Trinajstić information content (AvgIpc) is 3.20. The molecule has 4 heteroatoms. The van der Waals surface area contributed by atoms with Crippen molar-refractivity contribution in [3.8, 4) is 0 Å². The van der Waals surface area contributed by atoms with Crippen molar-refractivity contribution in [3.63, 3.8) is 0 Å². The third kappa shape index (κ3) is 4.16. The van der Waals surface area contributed by atoms with Gasteiger partial charge in [0.15, 0.2) is 0 Å². The van der Waals surface area contributed by atoms with Gasteiger partial charge < -0.3 is 15.3 Å². The maximum absolute atomic E-state index is 12.2. The van der Waals surface area contributed by atoms with E-state index in [4.69, 9.17) is 5.11 Å². The lowest BCUT2D eigenvalue weighted by Gasteiger charge is -2.28. The second-order valence-corrected chi connectivity index (χ2v) is 5.64. The van der Waals surface area contributed by atoms with Crippen LogP contribution in [0.15, 0.2) is 0 Å². The number of carbonyl (C=O) groups is 1. The molecular weight excluding hydrogens is 228 g/mol. The van der Waals surface area contributed by atoms with Crippen LogP contribution >= 0.6 is 0 Å². The van der Waals surface area contributed by atoms with Gasteiger partial charge in [0.05, 0.1) is 0 Å². The Morgan fingerprint density at radius 3 is 2.44 bits per heavy atom. The van der Waals surface area contributed by atoms with Gasteiger partial charge in [0.1, 0.15) is 0 Å². The smallest absolute Gasteiger partial charge is 0.317 e. The quantitative estimate of drug-likeness (QED) is 0.714. The lowest BCUT2D eigenvalue weighted by molar-refractivity contribution is 0.183. The molecule has 2 saturated carbocycles. The molecule has 2 amide bonds. The minimum Gasteiger partial charge on any atom is -0.396 e. The molecule has 0 saturated heterocycles. The number of nitrogens with zero attached hydrogens (tertiary/aromatic N) is 1. The van der Waals surface area contributed by atoms with Crippen molar-refractivity contribution < 1.29 is 9.90 Å². The standard InChI is InChI=1S/C14H26N2O2/c17-11-5-4-10-16(13-8-9-13)14(18)15-12-6-2-1-3-7-12/h12-13,17H,1-11H2,(H,15,18). The molecule has 104 valence electrons. The zero-order valence-corrected chi connectivity index (χ0v) is 11.2. The van der Waals surface area contributed by atoms with Crippen LogP contribution in [0, 0.1) is 0 Å². The Balaban J connectivity index is 1.75. The van der Waals surface area contributed by atoms with E-state index in [1.54, 1.807) is 0 Å². The number of aliphatic hydroxyl groups excluding tert-OH is 1. The van der Waals surface area contributed by atoms with E-state index in [1.165, 1.54) is 19.3 Å². The Bertz CT molecular complexity index is 261. The molecule has 0 aromatic heterocycles. The van der Waals surface area contributed by atoms with E-state index in [2.05, 4.69) is 5.32 Å². The fourth-order valence-electron chi connectivity index (χ4n) is 2.73. The first kappa shape index (κ1) is 13.7. The van der Waals surface area contributed by atoms with Crippen LogP contribution in [-0.2, 0) is 0 Å². The summed E-state index contributed by atoms with van der Waals surface area (Å²) in [5.41, 5.74) is 0. The number of urea groups is 1. The summed E-state index contributed by atoms with van der Waals surface area (Å²) in [6.45, 7) is 1.02. The second-order valence-electron chi connectivity index (χ2n) is 5.64. The van der Waals surface area contributed by atoms with E-state index in [9.17, 15) is 4.79 Å². The molecule has 4 nitrogen and oxygen atoms in total. The zero-order valence-electron chi connectivity index (χ0n) is 11.2. The van der Waals surface area contributed by atoms with Gasteiger partial charge in [0.25, 0.3) is 0 Å². The molecule has 0 heterocycles. The molecule has 2 aliphatic carbocycles. The van der Waals surface area contributed by atoms with Crippen LogP contribution in [0.25, 0.3) is 0 Å². The number of rotatable bonds is 6. The number of nitrogens with one attached hydrogen (secondary N) is 1. The van der Waals surface area contributed by atoms with Gasteiger partial charge in [-0.25, -0.2) is 4.79 Å². The summed E-state index contributed by atoms with van der Waals surface area (Å²) >= 11 is 0. The maximum atomic E-state index is 12.2. The van der Waals surface area contributed by atoms with Crippen LogP contribution in [0.5, 0.6) is 0 Å². The SMILES string of the molecule is O=C(NC1CCCCC1)N(CCCCO)C1CC1. The Kier molecular flexibility index (Phi) is 5.29. The summed E-state index contributed by atoms with van der Waals surface area (Å²) in [5, 5.41) is 12.0. The molecular formula is C14H26N2O2. The molecule has 0 aromatic rings. The summed E-state index contributed by atoms with van der Waals surface area (Å²) in [4.78, 5) is 14.2. The van der Waals surface area contributed by atoms with Crippen molar-refractivity contribution in [2.45, 2.75) is 69.9 Å². The van der Waals surface area contributed by atoms with Crippen molar-refractivity contribution >= 4 is 6.03 Å². The Morgan fingerprint density at radius 2 is 1.83 bits per heavy atom. The number of hydrogen-bond acceptors (Lipinski definition) is 2. The number of hydrogen-bond donors (Lipinski definition) is 2. The molecule has 2 aliphatic rings. The fourth-order valence-corrected chi connectivity index (χ4v) is 2.73. The highest BCUT2D eigenvalue weighted by molar-refractivity contribution is 5.75. The lowest BCUT2D eigenvalue weighted by atomic mass is 9.96. The monoisotopic (exact) mass is 254 g/mol.